The van der Waals surface area contributed by atoms with Crippen molar-refractivity contribution in [3.8, 4) is 39.5 Å². The first-order chi connectivity index (χ1) is 27.5. The van der Waals surface area contributed by atoms with E-state index >= 15 is 0 Å². The van der Waals surface area contributed by atoms with Gasteiger partial charge in [-0.1, -0.05) is 159 Å². The first-order valence-corrected chi connectivity index (χ1v) is 19.4. The second-order valence-corrected chi connectivity index (χ2v) is 15.7. The molecule has 1 aliphatic rings. The minimum Gasteiger partial charge on any atom is -0.309 e. The summed E-state index contributed by atoms with van der Waals surface area (Å²) in [5.74, 6) is 0.724. The zero-order chi connectivity index (χ0) is 37.1. The number of benzene rings is 9. The third-order valence-electron chi connectivity index (χ3n) is 12.3. The quantitative estimate of drug-likeness (QED) is 0.171. The van der Waals surface area contributed by atoms with Crippen molar-refractivity contribution in [2.75, 3.05) is 0 Å². The fourth-order valence-electron chi connectivity index (χ4n) is 9.80. The van der Waals surface area contributed by atoms with Crippen LogP contribution in [0.3, 0.4) is 0 Å². The first-order valence-electron chi connectivity index (χ1n) is 19.4. The molecular weight excluding hydrogens is 679 g/mol. The van der Waals surface area contributed by atoms with Gasteiger partial charge in [0, 0.05) is 43.5 Å². The summed E-state index contributed by atoms with van der Waals surface area (Å²) < 4.78 is 2.48. The van der Waals surface area contributed by atoms with Crippen LogP contribution in [-0.2, 0) is 5.41 Å². The fraction of sp³-hybridized carbons (Fsp3) is 0.0566. The van der Waals surface area contributed by atoms with Crippen LogP contribution in [0.25, 0.3) is 104 Å². The van der Waals surface area contributed by atoms with Gasteiger partial charge < -0.3 is 4.57 Å². The smallest absolute Gasteiger partial charge is 0.161 e. The summed E-state index contributed by atoms with van der Waals surface area (Å²) in [6.45, 7) is 4.78. The Hall–Kier alpha value is -7.10. The first kappa shape index (κ1) is 31.3. The molecule has 0 saturated carbocycles. The molecular formula is C53H35N3. The lowest BCUT2D eigenvalue weighted by Gasteiger charge is -2.23. The van der Waals surface area contributed by atoms with Crippen LogP contribution < -0.4 is 0 Å². The second-order valence-electron chi connectivity index (χ2n) is 15.7. The minimum absolute atomic E-state index is 0.166. The summed E-state index contributed by atoms with van der Waals surface area (Å²) in [4.78, 5) is 10.8. The number of rotatable bonds is 3. The molecule has 0 aliphatic heterocycles. The monoisotopic (exact) mass is 713 g/mol. The Morgan fingerprint density at radius 2 is 1.11 bits per heavy atom. The number of nitrogens with zero attached hydrogens (tertiary/aromatic N) is 3. The van der Waals surface area contributed by atoms with Crippen molar-refractivity contribution in [2.24, 2.45) is 0 Å². The average molecular weight is 714 g/mol. The molecule has 2 aromatic heterocycles. The van der Waals surface area contributed by atoms with Crippen molar-refractivity contribution in [1.82, 2.24) is 14.5 Å². The Balaban J connectivity index is 1.12. The standard InChI is InChI=1S/C53H35N3/c1-53(2)45-31-48-44(30-43(45)40-28-26-32-14-6-8-18-35(32)49(40)53)39-20-10-11-24-46(39)56(48)47-25-13-21-37-38(47)22-12-23-41(37)52-54-50(34-16-4-3-5-17-34)42-29-27-33-15-7-9-19-36(33)51(42)55-52/h3-31H,1-2H3. The maximum absolute atomic E-state index is 5.38. The van der Waals surface area contributed by atoms with Crippen LogP contribution in [0.4, 0.5) is 0 Å². The van der Waals surface area contributed by atoms with Gasteiger partial charge in [-0.2, -0.15) is 0 Å². The molecule has 3 nitrogen and oxygen atoms in total. The average Bonchev–Trinajstić information content (AvgIpc) is 3.69. The van der Waals surface area contributed by atoms with Crippen LogP contribution in [0.1, 0.15) is 25.0 Å². The number of hydrogen-bond acceptors (Lipinski definition) is 2. The number of aromatic nitrogens is 3. The zero-order valence-corrected chi connectivity index (χ0v) is 31.1. The molecule has 0 bridgehead atoms. The molecule has 1 aliphatic carbocycles. The molecule has 56 heavy (non-hydrogen) atoms. The Bertz CT molecular complexity index is 3440. The maximum Gasteiger partial charge on any atom is 0.161 e. The van der Waals surface area contributed by atoms with Crippen LogP contribution in [0, 0.1) is 0 Å². The second kappa shape index (κ2) is 11.5. The van der Waals surface area contributed by atoms with Gasteiger partial charge in [0.1, 0.15) is 0 Å². The van der Waals surface area contributed by atoms with Gasteiger partial charge in [0.05, 0.1) is 27.9 Å². The highest BCUT2D eigenvalue weighted by atomic mass is 15.0. The lowest BCUT2D eigenvalue weighted by molar-refractivity contribution is 0.667. The van der Waals surface area contributed by atoms with E-state index in [-0.39, 0.29) is 5.41 Å². The van der Waals surface area contributed by atoms with E-state index in [0.717, 1.165) is 55.4 Å². The Labute approximate surface area is 324 Å². The molecule has 0 atom stereocenters. The van der Waals surface area contributed by atoms with Gasteiger partial charge in [-0.3, -0.25) is 0 Å². The molecule has 0 N–H and O–H groups in total. The molecule has 262 valence electrons. The van der Waals surface area contributed by atoms with Crippen LogP contribution in [0.15, 0.2) is 176 Å². The number of hydrogen-bond donors (Lipinski definition) is 0. The van der Waals surface area contributed by atoms with E-state index in [1.807, 2.05) is 0 Å². The van der Waals surface area contributed by atoms with E-state index < -0.39 is 0 Å². The van der Waals surface area contributed by atoms with Crippen molar-refractivity contribution in [1.29, 1.82) is 0 Å². The molecule has 0 amide bonds. The Morgan fingerprint density at radius 1 is 0.429 bits per heavy atom. The van der Waals surface area contributed by atoms with Crippen molar-refractivity contribution in [2.45, 2.75) is 19.3 Å². The summed E-state index contributed by atoms with van der Waals surface area (Å²) in [6, 6.07) is 63.9. The van der Waals surface area contributed by atoms with E-state index in [2.05, 4.69) is 194 Å². The highest BCUT2D eigenvalue weighted by Gasteiger charge is 2.38. The van der Waals surface area contributed by atoms with E-state index in [9.17, 15) is 0 Å². The van der Waals surface area contributed by atoms with Crippen molar-refractivity contribution >= 4 is 65.0 Å². The Morgan fingerprint density at radius 3 is 1.96 bits per heavy atom. The predicted molar refractivity (Wildman–Crippen MR) is 235 cm³/mol. The summed E-state index contributed by atoms with van der Waals surface area (Å²) in [7, 11) is 0. The summed E-state index contributed by atoms with van der Waals surface area (Å²) in [5, 5.41) is 10.8. The highest BCUT2D eigenvalue weighted by molar-refractivity contribution is 6.15. The zero-order valence-electron chi connectivity index (χ0n) is 31.1. The molecule has 0 fully saturated rings. The van der Waals surface area contributed by atoms with Crippen molar-refractivity contribution in [3.63, 3.8) is 0 Å². The summed E-state index contributed by atoms with van der Waals surface area (Å²) in [5.41, 5.74) is 12.9. The molecule has 9 aromatic carbocycles. The third kappa shape index (κ3) is 4.28. The summed E-state index contributed by atoms with van der Waals surface area (Å²) >= 11 is 0. The molecule has 0 radical (unpaired) electrons. The lowest BCUT2D eigenvalue weighted by Crippen LogP contribution is -2.15. The van der Waals surface area contributed by atoms with Gasteiger partial charge in [0.2, 0.25) is 0 Å². The molecule has 2 heterocycles. The molecule has 0 unspecified atom stereocenters. The molecule has 3 heteroatoms. The van der Waals surface area contributed by atoms with E-state index in [1.54, 1.807) is 0 Å². The van der Waals surface area contributed by atoms with E-state index in [4.69, 9.17) is 9.97 Å². The van der Waals surface area contributed by atoms with Gasteiger partial charge in [-0.15, -0.1) is 0 Å². The van der Waals surface area contributed by atoms with Crippen molar-refractivity contribution < 1.29 is 0 Å². The van der Waals surface area contributed by atoms with Crippen LogP contribution >= 0.6 is 0 Å². The largest absolute Gasteiger partial charge is 0.309 e. The highest BCUT2D eigenvalue weighted by Crippen LogP contribution is 2.53. The molecule has 11 aromatic rings. The molecule has 12 rings (SSSR count). The fourth-order valence-corrected chi connectivity index (χ4v) is 9.80. The van der Waals surface area contributed by atoms with E-state index in [1.165, 1.54) is 60.2 Å². The van der Waals surface area contributed by atoms with Crippen LogP contribution in [-0.4, -0.2) is 14.5 Å². The van der Waals surface area contributed by atoms with Crippen molar-refractivity contribution in [3.05, 3.63) is 187 Å². The lowest BCUT2D eigenvalue weighted by atomic mass is 9.80. The van der Waals surface area contributed by atoms with Gasteiger partial charge in [-0.25, -0.2) is 9.97 Å². The topological polar surface area (TPSA) is 30.7 Å². The van der Waals surface area contributed by atoms with Crippen LogP contribution in [0.5, 0.6) is 0 Å². The normalized spacial score (nSPS) is 13.3. The SMILES string of the molecule is CC1(C)c2cc3c(cc2-c2ccc4ccccc4c21)c1ccccc1n3-c1cccc2c(-c3nc(-c4ccccc4)c4ccc5ccccc5c4n3)cccc12. The minimum atomic E-state index is -0.166. The van der Waals surface area contributed by atoms with E-state index in [0.29, 0.717) is 0 Å². The maximum atomic E-state index is 5.38. The molecule has 0 spiro atoms. The van der Waals surface area contributed by atoms with Gasteiger partial charge >= 0.3 is 0 Å². The number of fused-ring (bicyclic) bond motifs is 12. The number of para-hydroxylation sites is 1. The predicted octanol–water partition coefficient (Wildman–Crippen LogP) is 13.8. The third-order valence-corrected chi connectivity index (χ3v) is 12.3. The molecule has 0 saturated heterocycles. The van der Waals surface area contributed by atoms with Gasteiger partial charge in [-0.05, 0) is 74.1 Å². The van der Waals surface area contributed by atoms with Gasteiger partial charge in [0.15, 0.2) is 5.82 Å². The van der Waals surface area contributed by atoms with Crippen LogP contribution in [0.2, 0.25) is 0 Å². The Kier molecular flexibility index (Phi) is 6.40. The summed E-state index contributed by atoms with van der Waals surface area (Å²) in [6.07, 6.45) is 0. The van der Waals surface area contributed by atoms with Gasteiger partial charge in [0.25, 0.3) is 0 Å².